The Morgan fingerprint density at radius 2 is 2.53 bits per heavy atom. The van der Waals surface area contributed by atoms with Gasteiger partial charge in [0.15, 0.2) is 0 Å². The van der Waals surface area contributed by atoms with E-state index in [1.54, 1.807) is 24.1 Å². The van der Waals surface area contributed by atoms with Crippen molar-refractivity contribution in [3.8, 4) is 0 Å². The molecule has 1 atom stereocenters. The number of nitrogens with zero attached hydrogens (tertiary/aromatic N) is 2. The fraction of sp³-hybridized carbons (Fsp3) is 0.556. The molecule has 0 aromatic carbocycles. The van der Waals surface area contributed by atoms with Crippen molar-refractivity contribution in [2.24, 2.45) is 7.05 Å². The van der Waals surface area contributed by atoms with Crippen LogP contribution in [0.5, 0.6) is 0 Å². The van der Waals surface area contributed by atoms with Crippen LogP contribution < -0.4 is 5.32 Å². The fourth-order valence-electron chi connectivity index (χ4n) is 1.13. The van der Waals surface area contributed by atoms with Crippen molar-refractivity contribution in [3.63, 3.8) is 0 Å². The number of hydrogen-bond donors (Lipinski definition) is 2. The molecule has 0 bridgehead atoms. The summed E-state index contributed by atoms with van der Waals surface area (Å²) in [4.78, 5) is 15.4. The SMILES string of the molecule is COCC(CO)NC(=O)c1cn(C)cn1. The highest BCUT2D eigenvalue weighted by Crippen LogP contribution is 1.95. The first kappa shape index (κ1) is 11.7. The van der Waals surface area contributed by atoms with E-state index < -0.39 is 6.04 Å². The molecule has 0 fully saturated rings. The van der Waals surface area contributed by atoms with Gasteiger partial charge in [-0.2, -0.15) is 0 Å². The van der Waals surface area contributed by atoms with Crippen LogP contribution in [0.15, 0.2) is 12.5 Å². The molecule has 0 saturated carbocycles. The van der Waals surface area contributed by atoms with Gasteiger partial charge in [-0.15, -0.1) is 0 Å². The maximum absolute atomic E-state index is 11.5. The van der Waals surface area contributed by atoms with Crippen LogP contribution in [0.2, 0.25) is 0 Å². The quantitative estimate of drug-likeness (QED) is 0.668. The van der Waals surface area contributed by atoms with Crippen LogP contribution in [-0.4, -0.2) is 46.9 Å². The fourth-order valence-corrected chi connectivity index (χ4v) is 1.13. The van der Waals surface area contributed by atoms with Crippen LogP contribution in [0.1, 0.15) is 10.5 Å². The Hall–Kier alpha value is -1.40. The summed E-state index contributed by atoms with van der Waals surface area (Å²) < 4.78 is 6.52. The Balaban J connectivity index is 2.54. The normalized spacial score (nSPS) is 12.5. The molecule has 84 valence electrons. The molecule has 1 unspecified atom stereocenters. The number of methoxy groups -OCH3 is 1. The molecule has 1 rings (SSSR count). The molecule has 1 aromatic heterocycles. The third-order valence-corrected chi connectivity index (χ3v) is 1.86. The van der Waals surface area contributed by atoms with Crippen molar-refractivity contribution in [2.45, 2.75) is 6.04 Å². The lowest BCUT2D eigenvalue weighted by atomic mass is 10.3. The Bertz CT molecular complexity index is 324. The number of amides is 1. The van der Waals surface area contributed by atoms with Gasteiger partial charge in [-0.3, -0.25) is 4.79 Å². The largest absolute Gasteiger partial charge is 0.394 e. The number of aliphatic hydroxyl groups excluding tert-OH is 1. The first-order valence-electron chi connectivity index (χ1n) is 4.56. The number of aromatic nitrogens is 2. The number of carbonyl (C=O) groups is 1. The first-order chi connectivity index (χ1) is 7.17. The van der Waals surface area contributed by atoms with Gasteiger partial charge in [-0.1, -0.05) is 0 Å². The van der Waals surface area contributed by atoms with Crippen LogP contribution in [0, 0.1) is 0 Å². The summed E-state index contributed by atoms with van der Waals surface area (Å²) in [7, 11) is 3.29. The second kappa shape index (κ2) is 5.47. The molecule has 0 aliphatic carbocycles. The summed E-state index contributed by atoms with van der Waals surface area (Å²) in [5.74, 6) is -0.313. The van der Waals surface area contributed by atoms with Crippen LogP contribution >= 0.6 is 0 Å². The molecular formula is C9H15N3O3. The van der Waals surface area contributed by atoms with E-state index >= 15 is 0 Å². The third kappa shape index (κ3) is 3.34. The number of aryl methyl sites for hydroxylation is 1. The van der Waals surface area contributed by atoms with Gasteiger partial charge in [0, 0.05) is 20.4 Å². The van der Waals surface area contributed by atoms with Crippen molar-refractivity contribution in [2.75, 3.05) is 20.3 Å². The molecule has 1 aromatic rings. The minimum atomic E-state index is -0.399. The van der Waals surface area contributed by atoms with E-state index in [0.717, 1.165) is 0 Å². The summed E-state index contributed by atoms with van der Waals surface area (Å²) in [6, 6.07) is -0.399. The lowest BCUT2D eigenvalue weighted by Gasteiger charge is -2.13. The van der Waals surface area contributed by atoms with Crippen LogP contribution in [0.3, 0.4) is 0 Å². The molecule has 6 nitrogen and oxygen atoms in total. The second-order valence-electron chi connectivity index (χ2n) is 3.23. The van der Waals surface area contributed by atoms with E-state index in [4.69, 9.17) is 9.84 Å². The summed E-state index contributed by atoms with van der Waals surface area (Å²) >= 11 is 0. The van der Waals surface area contributed by atoms with Gasteiger partial charge in [-0.05, 0) is 0 Å². The number of carbonyl (C=O) groups excluding carboxylic acids is 1. The van der Waals surface area contributed by atoms with Crippen LogP contribution in [0.25, 0.3) is 0 Å². The number of hydrogen-bond acceptors (Lipinski definition) is 4. The maximum atomic E-state index is 11.5. The molecule has 0 radical (unpaired) electrons. The van der Waals surface area contributed by atoms with Gasteiger partial charge in [0.1, 0.15) is 5.69 Å². The zero-order valence-electron chi connectivity index (χ0n) is 8.80. The summed E-state index contributed by atoms with van der Waals surface area (Å²) in [5.41, 5.74) is 0.326. The van der Waals surface area contributed by atoms with E-state index in [9.17, 15) is 4.79 Å². The van der Waals surface area contributed by atoms with E-state index in [1.165, 1.54) is 7.11 Å². The first-order valence-corrected chi connectivity index (χ1v) is 4.56. The number of nitrogens with one attached hydrogen (secondary N) is 1. The maximum Gasteiger partial charge on any atom is 0.271 e. The van der Waals surface area contributed by atoms with Gasteiger partial charge in [-0.25, -0.2) is 4.98 Å². The number of rotatable bonds is 5. The van der Waals surface area contributed by atoms with Crippen molar-refractivity contribution in [3.05, 3.63) is 18.2 Å². The summed E-state index contributed by atoms with van der Waals surface area (Å²) in [6.07, 6.45) is 3.15. The molecule has 15 heavy (non-hydrogen) atoms. The number of ether oxygens (including phenoxy) is 1. The Morgan fingerprint density at radius 3 is 3.00 bits per heavy atom. The van der Waals surface area contributed by atoms with E-state index in [2.05, 4.69) is 10.3 Å². The van der Waals surface area contributed by atoms with Crippen molar-refractivity contribution >= 4 is 5.91 Å². The Morgan fingerprint density at radius 1 is 1.80 bits per heavy atom. The highest BCUT2D eigenvalue weighted by atomic mass is 16.5. The van der Waals surface area contributed by atoms with Gasteiger partial charge in [0.05, 0.1) is 25.6 Å². The minimum absolute atomic E-state index is 0.160. The predicted molar refractivity (Wildman–Crippen MR) is 53.4 cm³/mol. The van der Waals surface area contributed by atoms with Crippen molar-refractivity contribution < 1.29 is 14.6 Å². The highest BCUT2D eigenvalue weighted by molar-refractivity contribution is 5.92. The van der Waals surface area contributed by atoms with Gasteiger partial charge >= 0.3 is 0 Å². The molecule has 0 aliphatic heterocycles. The third-order valence-electron chi connectivity index (χ3n) is 1.86. The van der Waals surface area contributed by atoms with E-state index in [0.29, 0.717) is 5.69 Å². The van der Waals surface area contributed by atoms with Gasteiger partial charge in [0.2, 0.25) is 0 Å². The van der Waals surface area contributed by atoms with E-state index in [-0.39, 0.29) is 19.1 Å². The zero-order chi connectivity index (χ0) is 11.3. The van der Waals surface area contributed by atoms with Crippen LogP contribution in [0.4, 0.5) is 0 Å². The molecule has 0 spiro atoms. The van der Waals surface area contributed by atoms with Crippen molar-refractivity contribution in [1.82, 2.24) is 14.9 Å². The van der Waals surface area contributed by atoms with Crippen molar-refractivity contribution in [1.29, 1.82) is 0 Å². The average molecular weight is 213 g/mol. The second-order valence-corrected chi connectivity index (χ2v) is 3.23. The molecule has 1 heterocycles. The molecule has 6 heteroatoms. The topological polar surface area (TPSA) is 76.4 Å². The monoisotopic (exact) mass is 213 g/mol. The Labute approximate surface area is 87.9 Å². The average Bonchev–Trinajstić information content (AvgIpc) is 2.64. The number of aliphatic hydroxyl groups is 1. The predicted octanol–water partition coefficient (Wildman–Crippen LogP) is -0.843. The standard InChI is InChI=1S/C9H15N3O3/c1-12-3-8(10-6-12)9(14)11-7(4-13)5-15-2/h3,6-7,13H,4-5H2,1-2H3,(H,11,14). The molecule has 0 saturated heterocycles. The smallest absolute Gasteiger partial charge is 0.271 e. The molecular weight excluding hydrogens is 198 g/mol. The molecule has 0 aliphatic rings. The zero-order valence-corrected chi connectivity index (χ0v) is 8.80. The highest BCUT2D eigenvalue weighted by Gasteiger charge is 2.14. The van der Waals surface area contributed by atoms with Gasteiger partial charge in [0.25, 0.3) is 5.91 Å². The molecule has 1 amide bonds. The summed E-state index contributed by atoms with van der Waals surface area (Å²) in [5, 5.41) is 11.5. The van der Waals surface area contributed by atoms with Crippen LogP contribution in [-0.2, 0) is 11.8 Å². The lowest BCUT2D eigenvalue weighted by Crippen LogP contribution is -2.40. The Kier molecular flexibility index (Phi) is 4.26. The number of imidazole rings is 1. The van der Waals surface area contributed by atoms with Gasteiger partial charge < -0.3 is 19.7 Å². The summed E-state index contributed by atoms with van der Waals surface area (Å²) in [6.45, 7) is 0.113. The van der Waals surface area contributed by atoms with E-state index in [1.807, 2.05) is 0 Å². The minimum Gasteiger partial charge on any atom is -0.394 e. The molecule has 2 N–H and O–H groups in total. The lowest BCUT2D eigenvalue weighted by molar-refractivity contribution is 0.0835.